The lowest BCUT2D eigenvalue weighted by Crippen LogP contribution is -2.40. The van der Waals surface area contributed by atoms with Gasteiger partial charge in [-0.2, -0.15) is 0 Å². The average Bonchev–Trinajstić information content (AvgIpc) is 2.51. The van der Waals surface area contributed by atoms with Crippen molar-refractivity contribution in [1.82, 2.24) is 5.32 Å². The summed E-state index contributed by atoms with van der Waals surface area (Å²) in [7, 11) is 0. The van der Waals surface area contributed by atoms with Crippen LogP contribution in [0.1, 0.15) is 38.9 Å². The molecule has 2 nitrogen and oxygen atoms in total. The molecule has 0 bridgehead atoms. The Morgan fingerprint density at radius 1 is 1.39 bits per heavy atom. The van der Waals surface area contributed by atoms with Gasteiger partial charge in [-0.25, -0.2) is 0 Å². The topological polar surface area (TPSA) is 21.3 Å². The van der Waals surface area contributed by atoms with Crippen LogP contribution in [0.4, 0.5) is 0 Å². The van der Waals surface area contributed by atoms with Crippen molar-refractivity contribution < 1.29 is 4.74 Å². The Kier molecular flexibility index (Phi) is 4.61. The smallest absolute Gasteiger partial charge is 0.100 e. The molecule has 1 aliphatic rings. The highest BCUT2D eigenvalue weighted by molar-refractivity contribution is 7.20. The summed E-state index contributed by atoms with van der Waals surface area (Å²) in [5.74, 6) is 0. The van der Waals surface area contributed by atoms with Gasteiger partial charge in [0.25, 0.3) is 0 Å². The predicted molar refractivity (Wildman–Crippen MR) is 78.9 cm³/mol. The fourth-order valence-corrected chi connectivity index (χ4v) is 3.81. The molecule has 0 aliphatic carbocycles. The van der Waals surface area contributed by atoms with Crippen LogP contribution in [0.2, 0.25) is 8.67 Å². The summed E-state index contributed by atoms with van der Waals surface area (Å²) in [6.45, 7) is 8.29. The molecule has 1 aromatic heterocycles. The zero-order chi connectivity index (χ0) is 13.3. The van der Waals surface area contributed by atoms with E-state index in [2.05, 4.69) is 26.1 Å². The molecule has 1 aliphatic heterocycles. The molecule has 2 heterocycles. The van der Waals surface area contributed by atoms with E-state index >= 15 is 0 Å². The molecule has 0 spiro atoms. The zero-order valence-corrected chi connectivity index (χ0v) is 13.3. The van der Waals surface area contributed by atoms with Crippen molar-refractivity contribution in [2.75, 3.05) is 13.2 Å². The summed E-state index contributed by atoms with van der Waals surface area (Å²) in [5, 5.41) is 3.58. The maximum absolute atomic E-state index is 6.18. The second-order valence-electron chi connectivity index (χ2n) is 5.75. The van der Waals surface area contributed by atoms with Gasteiger partial charge in [-0.3, -0.25) is 0 Å². The first kappa shape index (κ1) is 14.6. The molecule has 1 aromatic rings. The molecule has 2 rings (SSSR count). The fraction of sp³-hybridized carbons (Fsp3) is 0.692. The minimum atomic E-state index is 0.00796. The van der Waals surface area contributed by atoms with E-state index in [0.717, 1.165) is 33.8 Å². The van der Waals surface area contributed by atoms with Gasteiger partial charge in [0, 0.05) is 24.8 Å². The van der Waals surface area contributed by atoms with Crippen molar-refractivity contribution in [1.29, 1.82) is 0 Å². The van der Waals surface area contributed by atoms with Gasteiger partial charge in [-0.05, 0) is 17.9 Å². The van der Waals surface area contributed by atoms with E-state index < -0.39 is 0 Å². The first-order valence-corrected chi connectivity index (χ1v) is 7.75. The van der Waals surface area contributed by atoms with Crippen LogP contribution in [0.15, 0.2) is 6.07 Å². The second-order valence-corrected chi connectivity index (χ2v) is 8.04. The van der Waals surface area contributed by atoms with Gasteiger partial charge in [0.1, 0.15) is 4.34 Å². The highest BCUT2D eigenvalue weighted by atomic mass is 35.5. The molecule has 1 fully saturated rings. The van der Waals surface area contributed by atoms with E-state index in [1.54, 1.807) is 0 Å². The minimum Gasteiger partial charge on any atom is -0.372 e. The largest absolute Gasteiger partial charge is 0.372 e. The Balaban J connectivity index is 2.08. The Hall–Kier alpha value is 0.200. The lowest BCUT2D eigenvalue weighted by Gasteiger charge is -2.30. The van der Waals surface area contributed by atoms with Crippen LogP contribution in [0.3, 0.4) is 0 Å². The SMILES string of the molecule is CC(C)(C)C1CCOC(c2cc(Cl)sc2Cl)CN1. The Morgan fingerprint density at radius 3 is 2.67 bits per heavy atom. The third kappa shape index (κ3) is 3.40. The van der Waals surface area contributed by atoms with Gasteiger partial charge in [0.2, 0.25) is 0 Å². The number of rotatable bonds is 1. The van der Waals surface area contributed by atoms with E-state index in [0.29, 0.717) is 6.04 Å². The molecule has 1 saturated heterocycles. The molecule has 102 valence electrons. The maximum atomic E-state index is 6.18. The van der Waals surface area contributed by atoms with Crippen molar-refractivity contribution in [2.24, 2.45) is 5.41 Å². The summed E-state index contributed by atoms with van der Waals surface area (Å²) in [4.78, 5) is 0. The molecular weight excluding hydrogens is 289 g/mol. The second kappa shape index (κ2) is 5.68. The molecule has 1 N–H and O–H groups in total. The minimum absolute atomic E-state index is 0.00796. The van der Waals surface area contributed by atoms with Crippen molar-refractivity contribution in [3.63, 3.8) is 0 Å². The number of nitrogens with one attached hydrogen (secondary N) is 1. The highest BCUT2D eigenvalue weighted by Gasteiger charge is 2.29. The Bertz CT molecular complexity index is 414. The first-order valence-electron chi connectivity index (χ1n) is 6.17. The summed E-state index contributed by atoms with van der Waals surface area (Å²) in [6, 6.07) is 2.38. The Labute approximate surface area is 123 Å². The molecule has 2 unspecified atom stereocenters. The van der Waals surface area contributed by atoms with Crippen LogP contribution in [0.5, 0.6) is 0 Å². The van der Waals surface area contributed by atoms with E-state index in [1.165, 1.54) is 11.3 Å². The predicted octanol–water partition coefficient (Wildman–Crippen LogP) is 4.52. The van der Waals surface area contributed by atoms with Crippen LogP contribution in [-0.2, 0) is 4.74 Å². The standard InChI is InChI=1S/C13H19Cl2NOS/c1-13(2,3)10-4-5-17-9(7-16-10)8-6-11(14)18-12(8)15/h6,9-10,16H,4-5,7H2,1-3H3. The molecule has 0 radical (unpaired) electrons. The van der Waals surface area contributed by atoms with Crippen LogP contribution in [0.25, 0.3) is 0 Å². The molecule has 0 amide bonds. The van der Waals surface area contributed by atoms with E-state index in [1.807, 2.05) is 6.07 Å². The van der Waals surface area contributed by atoms with Gasteiger partial charge in [-0.1, -0.05) is 44.0 Å². The third-order valence-corrected chi connectivity index (χ3v) is 4.87. The molecule has 0 saturated carbocycles. The quantitative estimate of drug-likeness (QED) is 0.823. The summed E-state index contributed by atoms with van der Waals surface area (Å²) in [6.07, 6.45) is 1.03. The normalized spacial score (nSPS) is 26.1. The monoisotopic (exact) mass is 307 g/mol. The van der Waals surface area contributed by atoms with Gasteiger partial charge in [0.05, 0.1) is 10.4 Å². The van der Waals surface area contributed by atoms with E-state index in [4.69, 9.17) is 27.9 Å². The summed E-state index contributed by atoms with van der Waals surface area (Å²) >= 11 is 13.6. The molecule has 2 atom stereocenters. The lowest BCUT2D eigenvalue weighted by molar-refractivity contribution is 0.0657. The van der Waals surface area contributed by atoms with E-state index in [9.17, 15) is 0 Å². The van der Waals surface area contributed by atoms with Crippen molar-refractivity contribution in [2.45, 2.75) is 39.3 Å². The van der Waals surface area contributed by atoms with E-state index in [-0.39, 0.29) is 11.5 Å². The molecular formula is C13H19Cl2NOS. The van der Waals surface area contributed by atoms with Crippen molar-refractivity contribution in [3.8, 4) is 0 Å². The Morgan fingerprint density at radius 2 is 2.11 bits per heavy atom. The molecule has 0 aromatic carbocycles. The van der Waals surface area contributed by atoms with Gasteiger partial charge >= 0.3 is 0 Å². The first-order chi connectivity index (χ1) is 8.38. The third-order valence-electron chi connectivity index (χ3n) is 3.35. The van der Waals surface area contributed by atoms with Crippen LogP contribution < -0.4 is 5.32 Å². The average molecular weight is 308 g/mol. The lowest BCUT2D eigenvalue weighted by atomic mass is 9.85. The van der Waals surface area contributed by atoms with Gasteiger partial charge < -0.3 is 10.1 Å². The fourth-order valence-electron chi connectivity index (χ4n) is 2.25. The number of thiophene rings is 1. The molecule has 5 heteroatoms. The maximum Gasteiger partial charge on any atom is 0.100 e. The number of hydrogen-bond donors (Lipinski definition) is 1. The van der Waals surface area contributed by atoms with Crippen molar-refractivity contribution >= 4 is 34.5 Å². The molecule has 18 heavy (non-hydrogen) atoms. The highest BCUT2D eigenvalue weighted by Crippen LogP contribution is 2.37. The number of ether oxygens (including phenoxy) is 1. The van der Waals surface area contributed by atoms with Crippen LogP contribution in [-0.4, -0.2) is 19.2 Å². The van der Waals surface area contributed by atoms with Crippen molar-refractivity contribution in [3.05, 3.63) is 20.3 Å². The number of halogens is 2. The van der Waals surface area contributed by atoms with Crippen LogP contribution >= 0.6 is 34.5 Å². The summed E-state index contributed by atoms with van der Waals surface area (Å²) in [5.41, 5.74) is 1.25. The van der Waals surface area contributed by atoms with Crippen LogP contribution in [0, 0.1) is 5.41 Å². The van der Waals surface area contributed by atoms with Gasteiger partial charge in [-0.15, -0.1) is 11.3 Å². The van der Waals surface area contributed by atoms with Gasteiger partial charge in [0.15, 0.2) is 0 Å². The number of hydrogen-bond acceptors (Lipinski definition) is 3. The summed E-state index contributed by atoms with van der Waals surface area (Å²) < 4.78 is 7.36. The zero-order valence-electron chi connectivity index (χ0n) is 10.9.